The Morgan fingerprint density at radius 1 is 1.00 bits per heavy atom. The van der Waals surface area contributed by atoms with Gasteiger partial charge in [-0.15, -0.1) is 0 Å². The van der Waals surface area contributed by atoms with Gasteiger partial charge in [-0.2, -0.15) is 5.10 Å². The van der Waals surface area contributed by atoms with Gasteiger partial charge in [0.15, 0.2) is 0 Å². The predicted molar refractivity (Wildman–Crippen MR) is 123 cm³/mol. The summed E-state index contributed by atoms with van der Waals surface area (Å²) in [6, 6.07) is 18.0. The van der Waals surface area contributed by atoms with E-state index in [1.165, 1.54) is 0 Å². The van der Waals surface area contributed by atoms with Gasteiger partial charge in [0.2, 0.25) is 0 Å². The SMILES string of the molecule is COc1ccc(-c2cc(C(=O)NCc3ccncc3)n(-c3ccc(Cl)cc3)n2)c(OC)c1. The van der Waals surface area contributed by atoms with Crippen molar-refractivity contribution in [3.05, 3.63) is 89.3 Å². The highest BCUT2D eigenvalue weighted by Crippen LogP contribution is 2.33. The van der Waals surface area contributed by atoms with Crippen molar-refractivity contribution < 1.29 is 14.3 Å². The van der Waals surface area contributed by atoms with Gasteiger partial charge >= 0.3 is 0 Å². The maximum absolute atomic E-state index is 13.1. The second-order valence-corrected chi connectivity index (χ2v) is 7.34. The van der Waals surface area contributed by atoms with Crippen LogP contribution in [0.5, 0.6) is 11.5 Å². The molecule has 162 valence electrons. The van der Waals surface area contributed by atoms with Crippen LogP contribution in [0, 0.1) is 0 Å². The summed E-state index contributed by atoms with van der Waals surface area (Å²) in [5, 5.41) is 8.24. The van der Waals surface area contributed by atoms with Crippen molar-refractivity contribution in [3.63, 3.8) is 0 Å². The molecule has 4 aromatic rings. The van der Waals surface area contributed by atoms with Gasteiger partial charge in [0.05, 0.1) is 25.6 Å². The van der Waals surface area contributed by atoms with E-state index in [9.17, 15) is 4.79 Å². The van der Waals surface area contributed by atoms with Crippen LogP contribution < -0.4 is 14.8 Å². The van der Waals surface area contributed by atoms with Crippen LogP contribution in [0.4, 0.5) is 0 Å². The summed E-state index contributed by atoms with van der Waals surface area (Å²) < 4.78 is 12.4. The lowest BCUT2D eigenvalue weighted by molar-refractivity contribution is 0.0943. The van der Waals surface area contributed by atoms with Crippen molar-refractivity contribution in [3.8, 4) is 28.4 Å². The fourth-order valence-electron chi connectivity index (χ4n) is 3.24. The fraction of sp³-hybridized carbons (Fsp3) is 0.125. The van der Waals surface area contributed by atoms with Crippen molar-refractivity contribution in [2.45, 2.75) is 6.54 Å². The molecule has 8 heteroatoms. The van der Waals surface area contributed by atoms with Crippen molar-refractivity contribution in [1.29, 1.82) is 0 Å². The monoisotopic (exact) mass is 448 g/mol. The molecule has 0 saturated carbocycles. The second kappa shape index (κ2) is 9.53. The van der Waals surface area contributed by atoms with Crippen molar-refractivity contribution in [1.82, 2.24) is 20.1 Å². The van der Waals surface area contributed by atoms with E-state index in [2.05, 4.69) is 10.3 Å². The maximum atomic E-state index is 13.1. The lowest BCUT2D eigenvalue weighted by atomic mass is 10.1. The number of benzene rings is 2. The van der Waals surface area contributed by atoms with E-state index in [-0.39, 0.29) is 5.91 Å². The van der Waals surface area contributed by atoms with Gasteiger partial charge in [-0.1, -0.05) is 11.6 Å². The highest BCUT2D eigenvalue weighted by Gasteiger charge is 2.20. The Bertz CT molecular complexity index is 1220. The molecule has 7 nitrogen and oxygen atoms in total. The first-order valence-electron chi connectivity index (χ1n) is 9.84. The highest BCUT2D eigenvalue weighted by molar-refractivity contribution is 6.30. The number of hydrogen-bond donors (Lipinski definition) is 1. The molecular formula is C24H21ClN4O3. The zero-order valence-corrected chi connectivity index (χ0v) is 18.3. The van der Waals surface area contributed by atoms with Gasteiger partial charge in [-0.05, 0) is 60.2 Å². The minimum absolute atomic E-state index is 0.261. The van der Waals surface area contributed by atoms with Crippen LogP contribution in [0.2, 0.25) is 5.02 Å². The van der Waals surface area contributed by atoms with Crippen LogP contribution in [0.15, 0.2) is 73.1 Å². The summed E-state index contributed by atoms with van der Waals surface area (Å²) in [6.45, 7) is 0.369. The number of methoxy groups -OCH3 is 2. The average molecular weight is 449 g/mol. The van der Waals surface area contributed by atoms with Crippen LogP contribution in [0.25, 0.3) is 16.9 Å². The summed E-state index contributed by atoms with van der Waals surface area (Å²) in [4.78, 5) is 17.1. The van der Waals surface area contributed by atoms with Gasteiger partial charge in [-0.25, -0.2) is 4.68 Å². The van der Waals surface area contributed by atoms with Crippen molar-refractivity contribution >= 4 is 17.5 Å². The number of amides is 1. The summed E-state index contributed by atoms with van der Waals surface area (Å²) in [7, 11) is 3.17. The molecule has 0 aliphatic rings. The molecule has 1 N–H and O–H groups in total. The van der Waals surface area contributed by atoms with E-state index in [0.29, 0.717) is 40.1 Å². The van der Waals surface area contributed by atoms with E-state index in [1.807, 2.05) is 36.4 Å². The molecule has 1 amide bonds. The van der Waals surface area contributed by atoms with Crippen molar-refractivity contribution in [2.24, 2.45) is 0 Å². The molecule has 2 aromatic heterocycles. The number of hydrogen-bond acceptors (Lipinski definition) is 5. The zero-order chi connectivity index (χ0) is 22.5. The van der Waals surface area contributed by atoms with E-state index < -0.39 is 0 Å². The largest absolute Gasteiger partial charge is 0.497 e. The molecule has 0 fully saturated rings. The van der Waals surface area contributed by atoms with Gasteiger partial charge in [-0.3, -0.25) is 9.78 Å². The Kier molecular flexibility index (Phi) is 6.37. The molecule has 0 aliphatic heterocycles. The average Bonchev–Trinajstić information content (AvgIpc) is 3.28. The van der Waals surface area contributed by atoms with Crippen LogP contribution in [0.1, 0.15) is 16.1 Å². The first kappa shape index (κ1) is 21.4. The van der Waals surface area contributed by atoms with Crippen LogP contribution in [-0.4, -0.2) is 34.9 Å². The summed E-state index contributed by atoms with van der Waals surface area (Å²) in [6.07, 6.45) is 3.38. The first-order valence-corrected chi connectivity index (χ1v) is 10.2. The molecule has 0 radical (unpaired) electrons. The first-order chi connectivity index (χ1) is 15.6. The van der Waals surface area contributed by atoms with Crippen molar-refractivity contribution in [2.75, 3.05) is 14.2 Å². The number of aromatic nitrogens is 3. The number of ether oxygens (including phenoxy) is 2. The maximum Gasteiger partial charge on any atom is 0.270 e. The Morgan fingerprint density at radius 3 is 2.44 bits per heavy atom. The van der Waals surface area contributed by atoms with Crippen LogP contribution >= 0.6 is 11.6 Å². The zero-order valence-electron chi connectivity index (χ0n) is 17.6. The standard InChI is InChI=1S/C24H21ClN4O3/c1-31-19-7-8-20(23(13-19)32-2)21-14-22(24(30)27-15-16-9-11-26-12-10-16)29(28-21)18-5-3-17(25)4-6-18/h3-14H,15H2,1-2H3,(H,27,30). The third-order valence-electron chi connectivity index (χ3n) is 4.90. The quantitative estimate of drug-likeness (QED) is 0.449. The molecule has 4 rings (SSSR count). The summed E-state index contributed by atoms with van der Waals surface area (Å²) in [5.41, 5.74) is 3.37. The molecule has 0 bridgehead atoms. The molecule has 0 atom stereocenters. The number of carbonyl (C=O) groups is 1. The molecule has 2 aromatic carbocycles. The number of nitrogens with zero attached hydrogens (tertiary/aromatic N) is 3. The molecule has 0 aliphatic carbocycles. The second-order valence-electron chi connectivity index (χ2n) is 6.91. The fourth-order valence-corrected chi connectivity index (χ4v) is 3.36. The number of pyridine rings is 1. The van der Waals surface area contributed by atoms with E-state index in [1.54, 1.807) is 55.6 Å². The Labute approximate surface area is 190 Å². The third-order valence-corrected chi connectivity index (χ3v) is 5.15. The van der Waals surface area contributed by atoms with E-state index in [4.69, 9.17) is 26.2 Å². The van der Waals surface area contributed by atoms with E-state index >= 15 is 0 Å². The molecule has 32 heavy (non-hydrogen) atoms. The Hall–Kier alpha value is -3.84. The summed E-state index contributed by atoms with van der Waals surface area (Å²) in [5.74, 6) is 0.995. The molecule has 0 saturated heterocycles. The van der Waals surface area contributed by atoms with Gasteiger partial charge in [0.25, 0.3) is 5.91 Å². The van der Waals surface area contributed by atoms with Gasteiger partial charge in [0.1, 0.15) is 17.2 Å². The third kappa shape index (κ3) is 4.58. The Morgan fingerprint density at radius 2 is 1.75 bits per heavy atom. The normalized spacial score (nSPS) is 10.6. The highest BCUT2D eigenvalue weighted by atomic mass is 35.5. The van der Waals surface area contributed by atoms with E-state index in [0.717, 1.165) is 11.1 Å². The van der Waals surface area contributed by atoms with Crippen LogP contribution in [0.3, 0.4) is 0 Å². The number of carbonyl (C=O) groups excluding carboxylic acids is 1. The lowest BCUT2D eigenvalue weighted by Gasteiger charge is -2.09. The summed E-state index contributed by atoms with van der Waals surface area (Å²) >= 11 is 6.05. The molecule has 0 spiro atoms. The van der Waals surface area contributed by atoms with Gasteiger partial charge in [0, 0.05) is 35.6 Å². The Balaban J connectivity index is 1.73. The molecular weight excluding hydrogens is 428 g/mol. The molecule has 2 heterocycles. The number of rotatable bonds is 7. The lowest BCUT2D eigenvalue weighted by Crippen LogP contribution is -2.25. The predicted octanol–water partition coefficient (Wildman–Crippen LogP) is 4.53. The topological polar surface area (TPSA) is 78.3 Å². The minimum atomic E-state index is -0.261. The van der Waals surface area contributed by atoms with Gasteiger partial charge < -0.3 is 14.8 Å². The number of halogens is 1. The number of nitrogens with one attached hydrogen (secondary N) is 1. The smallest absolute Gasteiger partial charge is 0.270 e. The van der Waals surface area contributed by atoms with Crippen LogP contribution in [-0.2, 0) is 6.54 Å². The minimum Gasteiger partial charge on any atom is -0.497 e. The molecule has 0 unspecified atom stereocenters.